The third kappa shape index (κ3) is 5.84. The van der Waals surface area contributed by atoms with Crippen LogP contribution in [0.15, 0.2) is 93.9 Å². The summed E-state index contributed by atoms with van der Waals surface area (Å²) in [5.41, 5.74) is 7.75. The Morgan fingerprint density at radius 1 is 1.11 bits per heavy atom. The fraction of sp³-hybridized carbons (Fsp3) is 0.160. The van der Waals surface area contributed by atoms with Gasteiger partial charge in [0.05, 0.1) is 17.2 Å². The number of carbonyl (C=O) groups is 1. The first-order valence-corrected chi connectivity index (χ1v) is 12.8. The molecule has 9 nitrogen and oxygen atoms in total. The van der Waals surface area contributed by atoms with Crippen molar-refractivity contribution in [3.63, 3.8) is 0 Å². The minimum atomic E-state index is -3.98. The van der Waals surface area contributed by atoms with Gasteiger partial charge < -0.3 is 10.5 Å². The number of hydrogen-bond donors (Lipinski definition) is 2. The molecule has 11 heteroatoms. The zero-order valence-electron chi connectivity index (χ0n) is 19.3. The van der Waals surface area contributed by atoms with Gasteiger partial charge in [0.1, 0.15) is 5.75 Å². The monoisotopic (exact) mass is 525 g/mol. The van der Waals surface area contributed by atoms with Gasteiger partial charge in [-0.05, 0) is 47.5 Å². The van der Waals surface area contributed by atoms with Gasteiger partial charge in [0.25, 0.3) is 15.9 Å². The number of nitrogens with one attached hydrogen (secondary N) is 1. The first-order chi connectivity index (χ1) is 17.3. The molecule has 3 aromatic carbocycles. The molecule has 36 heavy (non-hydrogen) atoms. The van der Waals surface area contributed by atoms with E-state index in [1.54, 1.807) is 17.1 Å². The molecular weight excluding hydrogens is 502 g/mol. The van der Waals surface area contributed by atoms with Crippen molar-refractivity contribution >= 4 is 39.2 Å². The minimum absolute atomic E-state index is 0.00390. The number of rotatable bonds is 7. The largest absolute Gasteiger partial charge is 0.484 e. The maximum atomic E-state index is 13.1. The van der Waals surface area contributed by atoms with Gasteiger partial charge in [0.2, 0.25) is 5.96 Å². The molecule has 1 atom stereocenters. The highest BCUT2D eigenvalue weighted by atomic mass is 35.5. The third-order valence-corrected chi connectivity index (χ3v) is 7.05. The van der Waals surface area contributed by atoms with Crippen molar-refractivity contribution in [2.45, 2.75) is 10.8 Å². The Morgan fingerprint density at radius 2 is 1.78 bits per heavy atom. The maximum absolute atomic E-state index is 13.1. The number of guanidine groups is 1. The smallest absolute Gasteiger partial charge is 0.264 e. The van der Waals surface area contributed by atoms with Crippen LogP contribution in [0.2, 0.25) is 5.02 Å². The summed E-state index contributed by atoms with van der Waals surface area (Å²) in [4.78, 5) is 15.0. The van der Waals surface area contributed by atoms with Crippen LogP contribution in [-0.4, -0.2) is 51.2 Å². The van der Waals surface area contributed by atoms with Crippen LogP contribution in [0.4, 0.5) is 0 Å². The summed E-state index contributed by atoms with van der Waals surface area (Å²) < 4.78 is 33.9. The SMILES string of the molecule is CN=C(NS(=O)(=O)c1ccc(OCC(N)=O)cc1)N1CC(c2ccccc2)C(c2ccc(Cl)cc2)=N1. The van der Waals surface area contributed by atoms with Gasteiger partial charge in [0, 0.05) is 18.0 Å². The van der Waals surface area contributed by atoms with E-state index in [-0.39, 0.29) is 23.4 Å². The summed E-state index contributed by atoms with van der Waals surface area (Å²) in [6.45, 7) is 0.0829. The molecule has 3 N–H and O–H groups in total. The number of ether oxygens (including phenoxy) is 1. The second-order valence-corrected chi connectivity index (χ2v) is 10.0. The van der Waals surface area contributed by atoms with Crippen molar-refractivity contribution in [2.24, 2.45) is 15.8 Å². The molecular formula is C25H24ClN5O4S. The van der Waals surface area contributed by atoms with Crippen LogP contribution in [0, 0.1) is 0 Å². The standard InChI is InChI=1S/C25H24ClN5O4S/c1-28-25(30-36(33,34)21-13-11-20(12-14-21)35-16-23(27)32)31-15-22(17-5-3-2-4-6-17)24(29-31)18-7-9-19(26)10-8-18/h2-14,22H,15-16H2,1H3,(H2,27,32)(H,28,30). The van der Waals surface area contributed by atoms with E-state index in [9.17, 15) is 13.2 Å². The highest BCUT2D eigenvalue weighted by Gasteiger charge is 2.32. The molecule has 1 aliphatic heterocycles. The average Bonchev–Trinajstić information content (AvgIpc) is 3.32. The van der Waals surface area contributed by atoms with Crippen molar-refractivity contribution in [1.29, 1.82) is 0 Å². The lowest BCUT2D eigenvalue weighted by molar-refractivity contribution is -0.119. The summed E-state index contributed by atoms with van der Waals surface area (Å²) in [6, 6.07) is 22.8. The number of hydrazone groups is 1. The molecule has 1 heterocycles. The van der Waals surface area contributed by atoms with Crippen LogP contribution in [0.25, 0.3) is 0 Å². The van der Waals surface area contributed by atoms with Gasteiger partial charge in [-0.25, -0.2) is 18.1 Å². The quantitative estimate of drug-likeness (QED) is 0.362. The fourth-order valence-corrected chi connectivity index (χ4v) is 4.90. The summed E-state index contributed by atoms with van der Waals surface area (Å²) in [6.07, 6.45) is 0. The molecule has 0 bridgehead atoms. The van der Waals surface area contributed by atoms with Crippen molar-refractivity contribution in [3.05, 3.63) is 95.0 Å². The molecule has 0 saturated carbocycles. The Bertz CT molecular complexity index is 1390. The highest BCUT2D eigenvalue weighted by molar-refractivity contribution is 7.90. The summed E-state index contributed by atoms with van der Waals surface area (Å²) >= 11 is 6.07. The highest BCUT2D eigenvalue weighted by Crippen LogP contribution is 2.29. The van der Waals surface area contributed by atoms with E-state index < -0.39 is 15.9 Å². The number of hydrogen-bond acceptors (Lipinski definition) is 6. The van der Waals surface area contributed by atoms with E-state index in [1.807, 2.05) is 42.5 Å². The van der Waals surface area contributed by atoms with E-state index in [1.165, 1.54) is 31.3 Å². The van der Waals surface area contributed by atoms with Crippen LogP contribution in [-0.2, 0) is 14.8 Å². The van der Waals surface area contributed by atoms with Gasteiger partial charge in [-0.3, -0.25) is 9.79 Å². The topological polar surface area (TPSA) is 126 Å². The summed E-state index contributed by atoms with van der Waals surface area (Å²) in [7, 11) is -2.49. The van der Waals surface area contributed by atoms with Crippen LogP contribution in [0.3, 0.4) is 0 Å². The van der Waals surface area contributed by atoms with Gasteiger partial charge in [0.15, 0.2) is 6.61 Å². The van der Waals surface area contributed by atoms with E-state index in [4.69, 9.17) is 27.2 Å². The Hall–Kier alpha value is -3.89. The normalized spacial score (nSPS) is 15.9. The Balaban J connectivity index is 1.58. The number of aliphatic imine (C=N–C) groups is 1. The zero-order chi connectivity index (χ0) is 25.7. The van der Waals surface area contributed by atoms with Crippen molar-refractivity contribution < 1.29 is 17.9 Å². The van der Waals surface area contributed by atoms with E-state index in [0.29, 0.717) is 17.3 Å². The molecule has 0 saturated heterocycles. The van der Waals surface area contributed by atoms with E-state index in [2.05, 4.69) is 9.71 Å². The van der Waals surface area contributed by atoms with Crippen LogP contribution in [0.1, 0.15) is 17.0 Å². The van der Waals surface area contributed by atoms with Crippen molar-refractivity contribution in [1.82, 2.24) is 9.73 Å². The number of halogens is 1. The Kier molecular flexibility index (Phi) is 7.56. The molecule has 0 radical (unpaired) electrons. The van der Waals surface area contributed by atoms with Crippen LogP contribution >= 0.6 is 11.6 Å². The zero-order valence-corrected chi connectivity index (χ0v) is 20.9. The van der Waals surface area contributed by atoms with Crippen molar-refractivity contribution in [3.8, 4) is 5.75 Å². The summed E-state index contributed by atoms with van der Waals surface area (Å²) in [5.74, 6) is -0.348. The predicted octanol–water partition coefficient (Wildman–Crippen LogP) is 2.97. The maximum Gasteiger partial charge on any atom is 0.264 e. The second kappa shape index (κ2) is 10.8. The minimum Gasteiger partial charge on any atom is -0.484 e. The van der Waals surface area contributed by atoms with Crippen LogP contribution in [0.5, 0.6) is 5.75 Å². The number of nitrogens with zero attached hydrogens (tertiary/aromatic N) is 3. The molecule has 1 aliphatic rings. The number of sulfonamides is 1. The second-order valence-electron chi connectivity index (χ2n) is 7.92. The van der Waals surface area contributed by atoms with E-state index in [0.717, 1.165) is 16.8 Å². The lowest BCUT2D eigenvalue weighted by Gasteiger charge is -2.19. The van der Waals surface area contributed by atoms with Gasteiger partial charge in [-0.15, -0.1) is 0 Å². The Morgan fingerprint density at radius 3 is 2.39 bits per heavy atom. The van der Waals surface area contributed by atoms with Gasteiger partial charge >= 0.3 is 0 Å². The fourth-order valence-electron chi connectivity index (χ4n) is 3.72. The number of benzene rings is 3. The molecule has 186 valence electrons. The van der Waals surface area contributed by atoms with Crippen LogP contribution < -0.4 is 15.2 Å². The average molecular weight is 526 g/mol. The molecule has 0 fully saturated rings. The lowest BCUT2D eigenvalue weighted by Crippen LogP contribution is -2.41. The molecule has 1 amide bonds. The number of nitrogens with two attached hydrogens (primary N) is 1. The first-order valence-electron chi connectivity index (χ1n) is 10.9. The Labute approximate surface area is 214 Å². The lowest BCUT2D eigenvalue weighted by atomic mass is 9.91. The summed E-state index contributed by atoms with van der Waals surface area (Å²) in [5, 5.41) is 6.89. The third-order valence-electron chi connectivity index (χ3n) is 5.45. The molecule has 0 aromatic heterocycles. The first kappa shape index (κ1) is 25.2. The molecule has 3 aromatic rings. The predicted molar refractivity (Wildman–Crippen MR) is 139 cm³/mol. The number of amides is 1. The molecule has 0 aliphatic carbocycles. The number of primary amides is 1. The van der Waals surface area contributed by atoms with Gasteiger partial charge in [-0.2, -0.15) is 5.10 Å². The molecule has 4 rings (SSSR count). The molecule has 1 unspecified atom stereocenters. The van der Waals surface area contributed by atoms with Crippen molar-refractivity contribution in [2.75, 3.05) is 20.2 Å². The van der Waals surface area contributed by atoms with Gasteiger partial charge in [-0.1, -0.05) is 54.1 Å². The van der Waals surface area contributed by atoms with E-state index >= 15 is 0 Å². The molecule has 0 spiro atoms. The number of carbonyl (C=O) groups excluding carboxylic acids is 1.